The number of carbonyl (C=O) groups excluding carboxylic acids is 1. The lowest BCUT2D eigenvalue weighted by Crippen LogP contribution is -2.52. The van der Waals surface area contributed by atoms with Crippen LogP contribution in [0.2, 0.25) is 0 Å². The summed E-state index contributed by atoms with van der Waals surface area (Å²) in [7, 11) is 0. The van der Waals surface area contributed by atoms with Crippen molar-refractivity contribution >= 4 is 16.9 Å². The van der Waals surface area contributed by atoms with Gasteiger partial charge in [-0.3, -0.25) is 4.79 Å². The highest BCUT2D eigenvalue weighted by atomic mass is 16.5. The number of morpholine rings is 1. The molecule has 0 radical (unpaired) electrons. The van der Waals surface area contributed by atoms with Crippen molar-refractivity contribution in [1.29, 1.82) is 0 Å². The van der Waals surface area contributed by atoms with Gasteiger partial charge in [-0.2, -0.15) is 0 Å². The number of carbonyl (C=O) groups is 1. The molecule has 0 bridgehead atoms. The van der Waals surface area contributed by atoms with E-state index in [2.05, 4.69) is 10.6 Å². The van der Waals surface area contributed by atoms with Gasteiger partial charge in [0.1, 0.15) is 11.5 Å². The van der Waals surface area contributed by atoms with Crippen LogP contribution in [0.4, 0.5) is 4.79 Å². The standard InChI is InChI=1S/C28H36N4O5/c1-3-30-28(34)31-12-15-36-25(20-31)19-29-18-22-16-21-10-11-24(37-23-8-6-5-7-9-23)17-26(21)32(27(22)33)13-14-35-4-2/h5-11,16-17,25,29H,3-4,12-15,18-20H2,1-2H3,(H,30,34). The third kappa shape index (κ3) is 7.09. The third-order valence-corrected chi connectivity index (χ3v) is 6.23. The summed E-state index contributed by atoms with van der Waals surface area (Å²) < 4.78 is 19.1. The van der Waals surface area contributed by atoms with E-state index in [9.17, 15) is 9.59 Å². The molecular weight excluding hydrogens is 472 g/mol. The molecule has 1 unspecified atom stereocenters. The summed E-state index contributed by atoms with van der Waals surface area (Å²) in [5.41, 5.74) is 1.40. The molecule has 1 aliphatic rings. The van der Waals surface area contributed by atoms with E-state index in [1.807, 2.05) is 68.4 Å². The van der Waals surface area contributed by atoms with Crippen molar-refractivity contribution < 1.29 is 19.0 Å². The predicted molar refractivity (Wildman–Crippen MR) is 143 cm³/mol. The Labute approximate surface area is 217 Å². The Morgan fingerprint density at radius 3 is 2.73 bits per heavy atom. The van der Waals surface area contributed by atoms with Crippen LogP contribution in [0.3, 0.4) is 0 Å². The number of urea groups is 1. The van der Waals surface area contributed by atoms with Crippen molar-refractivity contribution in [3.05, 3.63) is 70.5 Å². The van der Waals surface area contributed by atoms with Crippen molar-refractivity contribution in [3.63, 3.8) is 0 Å². The van der Waals surface area contributed by atoms with Crippen LogP contribution in [0.25, 0.3) is 10.9 Å². The fourth-order valence-corrected chi connectivity index (χ4v) is 4.41. The van der Waals surface area contributed by atoms with Gasteiger partial charge in [0, 0.05) is 57.5 Å². The van der Waals surface area contributed by atoms with Gasteiger partial charge < -0.3 is 34.3 Å². The number of nitrogens with one attached hydrogen (secondary N) is 2. The minimum atomic E-state index is -0.130. The number of benzene rings is 2. The van der Waals surface area contributed by atoms with Crippen LogP contribution in [-0.4, -0.2) is 67.6 Å². The number of aromatic nitrogens is 1. The first kappa shape index (κ1) is 26.7. The molecule has 198 valence electrons. The summed E-state index contributed by atoms with van der Waals surface area (Å²) in [6, 6.07) is 17.2. The maximum absolute atomic E-state index is 13.5. The molecule has 1 atom stereocenters. The second-order valence-corrected chi connectivity index (χ2v) is 8.86. The highest BCUT2D eigenvalue weighted by molar-refractivity contribution is 5.81. The van der Waals surface area contributed by atoms with Crippen molar-refractivity contribution in [2.75, 3.05) is 46.0 Å². The van der Waals surface area contributed by atoms with Crippen LogP contribution in [0.1, 0.15) is 19.4 Å². The highest BCUT2D eigenvalue weighted by Gasteiger charge is 2.23. The lowest BCUT2D eigenvalue weighted by Gasteiger charge is -2.33. The Balaban J connectivity index is 1.49. The SMILES string of the molecule is CCNC(=O)N1CCOC(CNCc2cc3ccc(Oc4ccccc4)cc3n(CCOCC)c2=O)C1. The molecular formula is C28H36N4O5. The zero-order valence-corrected chi connectivity index (χ0v) is 21.6. The van der Waals surface area contributed by atoms with E-state index in [0.717, 1.165) is 16.7 Å². The first-order valence-corrected chi connectivity index (χ1v) is 12.9. The maximum Gasteiger partial charge on any atom is 0.317 e. The van der Waals surface area contributed by atoms with E-state index in [-0.39, 0.29) is 17.7 Å². The Morgan fingerprint density at radius 2 is 1.95 bits per heavy atom. The van der Waals surface area contributed by atoms with Gasteiger partial charge >= 0.3 is 6.03 Å². The first-order chi connectivity index (χ1) is 18.1. The van der Waals surface area contributed by atoms with Crippen molar-refractivity contribution in [2.24, 2.45) is 0 Å². The minimum absolute atomic E-state index is 0.0647. The monoisotopic (exact) mass is 508 g/mol. The molecule has 9 nitrogen and oxygen atoms in total. The van der Waals surface area contributed by atoms with E-state index in [1.54, 1.807) is 9.47 Å². The third-order valence-electron chi connectivity index (χ3n) is 6.23. The number of rotatable bonds is 11. The zero-order valence-electron chi connectivity index (χ0n) is 21.6. The second kappa shape index (κ2) is 13.2. The van der Waals surface area contributed by atoms with Gasteiger partial charge in [0.25, 0.3) is 5.56 Å². The Bertz CT molecular complexity index is 1230. The van der Waals surface area contributed by atoms with Gasteiger partial charge in [0.15, 0.2) is 0 Å². The largest absolute Gasteiger partial charge is 0.457 e. The molecule has 0 saturated carbocycles. The van der Waals surface area contributed by atoms with E-state index < -0.39 is 0 Å². The average Bonchev–Trinajstić information content (AvgIpc) is 2.91. The van der Waals surface area contributed by atoms with Gasteiger partial charge in [0.05, 0.1) is 24.8 Å². The summed E-state index contributed by atoms with van der Waals surface area (Å²) >= 11 is 0. The molecule has 0 aliphatic carbocycles. The summed E-state index contributed by atoms with van der Waals surface area (Å²) in [6.07, 6.45) is -0.130. The van der Waals surface area contributed by atoms with Crippen LogP contribution in [0, 0.1) is 0 Å². The van der Waals surface area contributed by atoms with Gasteiger partial charge in [-0.05, 0) is 49.6 Å². The van der Waals surface area contributed by atoms with E-state index in [4.69, 9.17) is 14.2 Å². The number of pyridine rings is 1. The molecule has 9 heteroatoms. The number of amides is 2. The molecule has 2 amide bonds. The van der Waals surface area contributed by atoms with Crippen molar-refractivity contribution in [1.82, 2.24) is 20.1 Å². The molecule has 3 aromatic rings. The topological polar surface area (TPSA) is 94.1 Å². The smallest absolute Gasteiger partial charge is 0.317 e. The number of para-hydroxylation sites is 1. The second-order valence-electron chi connectivity index (χ2n) is 8.86. The van der Waals surface area contributed by atoms with Crippen LogP contribution in [0.5, 0.6) is 11.5 Å². The Kier molecular flexibility index (Phi) is 9.53. The molecule has 1 aliphatic heterocycles. The average molecular weight is 509 g/mol. The van der Waals surface area contributed by atoms with E-state index >= 15 is 0 Å². The zero-order chi connectivity index (χ0) is 26.0. The van der Waals surface area contributed by atoms with Crippen molar-refractivity contribution in [2.45, 2.75) is 33.0 Å². The van der Waals surface area contributed by atoms with Gasteiger partial charge in [-0.25, -0.2) is 4.79 Å². The lowest BCUT2D eigenvalue weighted by atomic mass is 10.1. The molecule has 37 heavy (non-hydrogen) atoms. The van der Waals surface area contributed by atoms with Gasteiger partial charge in [0.2, 0.25) is 0 Å². The number of ether oxygens (including phenoxy) is 3. The fourth-order valence-electron chi connectivity index (χ4n) is 4.41. The van der Waals surface area contributed by atoms with Crippen LogP contribution < -0.4 is 20.9 Å². The quantitative estimate of drug-likeness (QED) is 0.386. The molecule has 2 heterocycles. The lowest BCUT2D eigenvalue weighted by molar-refractivity contribution is -0.0129. The molecule has 2 N–H and O–H groups in total. The summed E-state index contributed by atoms with van der Waals surface area (Å²) in [4.78, 5) is 27.4. The predicted octanol–water partition coefficient (Wildman–Crippen LogP) is 3.35. The molecule has 4 rings (SSSR count). The number of nitrogens with zero attached hydrogens (tertiary/aromatic N) is 2. The Hall–Kier alpha value is -3.40. The summed E-state index contributed by atoms with van der Waals surface area (Å²) in [5.74, 6) is 1.40. The van der Waals surface area contributed by atoms with Crippen LogP contribution >= 0.6 is 0 Å². The summed E-state index contributed by atoms with van der Waals surface area (Å²) in [5, 5.41) is 7.14. The van der Waals surface area contributed by atoms with Crippen LogP contribution in [-0.2, 0) is 22.6 Å². The Morgan fingerprint density at radius 1 is 1.11 bits per heavy atom. The highest BCUT2D eigenvalue weighted by Crippen LogP contribution is 2.25. The molecule has 2 aromatic carbocycles. The number of hydrogen-bond donors (Lipinski definition) is 2. The molecule has 1 fully saturated rings. The van der Waals surface area contributed by atoms with E-state index in [1.165, 1.54) is 0 Å². The van der Waals surface area contributed by atoms with Gasteiger partial charge in [-0.15, -0.1) is 0 Å². The normalized spacial score (nSPS) is 15.6. The molecule has 0 spiro atoms. The van der Waals surface area contributed by atoms with Crippen molar-refractivity contribution in [3.8, 4) is 11.5 Å². The fraction of sp³-hybridized carbons (Fsp3) is 0.429. The number of hydrogen-bond acceptors (Lipinski definition) is 6. The first-order valence-electron chi connectivity index (χ1n) is 12.9. The summed E-state index contributed by atoms with van der Waals surface area (Å²) in [6.45, 7) is 8.43. The van der Waals surface area contributed by atoms with Crippen LogP contribution in [0.15, 0.2) is 59.4 Å². The van der Waals surface area contributed by atoms with E-state index in [0.29, 0.717) is 70.4 Å². The molecule has 1 saturated heterocycles. The molecule has 1 aromatic heterocycles. The minimum Gasteiger partial charge on any atom is -0.457 e. The van der Waals surface area contributed by atoms with Gasteiger partial charge in [-0.1, -0.05) is 18.2 Å². The number of fused-ring (bicyclic) bond motifs is 1. The maximum atomic E-state index is 13.5.